The lowest BCUT2D eigenvalue weighted by molar-refractivity contribution is 0.298. The Bertz CT molecular complexity index is 548. The van der Waals surface area contributed by atoms with E-state index in [0.29, 0.717) is 5.92 Å². The zero-order valence-corrected chi connectivity index (χ0v) is 10.8. The van der Waals surface area contributed by atoms with Crippen LogP contribution in [0.2, 0.25) is 0 Å². The molecule has 17 heavy (non-hydrogen) atoms. The third-order valence-electron chi connectivity index (χ3n) is 2.78. The molecule has 1 aromatic carbocycles. The average Bonchev–Trinajstić information content (AvgIpc) is 2.61. The number of nitrogens with zero attached hydrogens (tertiary/aromatic N) is 1. The number of hydrogen-bond donors (Lipinski definition) is 0. The second-order valence-corrected chi connectivity index (χ2v) is 5.53. The van der Waals surface area contributed by atoms with Gasteiger partial charge in [0, 0.05) is 12.3 Å². The van der Waals surface area contributed by atoms with Crippen LogP contribution < -0.4 is 9.47 Å². The summed E-state index contributed by atoms with van der Waals surface area (Å²) in [6.45, 7) is 5.77. The first-order chi connectivity index (χ1) is 8.25. The summed E-state index contributed by atoms with van der Waals surface area (Å²) in [6.07, 6.45) is 0.937. The molecule has 0 bridgehead atoms. The van der Waals surface area contributed by atoms with Crippen LogP contribution in [0.25, 0.3) is 10.2 Å². The number of hydrogen-bond acceptors (Lipinski definition) is 4. The van der Waals surface area contributed by atoms with Crippen molar-refractivity contribution >= 4 is 21.6 Å². The van der Waals surface area contributed by atoms with Crippen LogP contribution in [0.4, 0.5) is 0 Å². The monoisotopic (exact) mass is 249 g/mol. The average molecular weight is 249 g/mol. The van der Waals surface area contributed by atoms with Gasteiger partial charge in [-0.1, -0.05) is 13.8 Å². The van der Waals surface area contributed by atoms with Crippen molar-refractivity contribution in [2.45, 2.75) is 26.2 Å². The maximum absolute atomic E-state index is 5.80. The highest BCUT2D eigenvalue weighted by molar-refractivity contribution is 7.19. The quantitative estimate of drug-likeness (QED) is 0.774. The van der Waals surface area contributed by atoms with Crippen LogP contribution in [0.15, 0.2) is 12.1 Å². The first-order valence-corrected chi connectivity index (χ1v) is 6.76. The molecule has 0 radical (unpaired) electrons. The van der Waals surface area contributed by atoms with Crippen molar-refractivity contribution in [3.8, 4) is 11.5 Å². The molecule has 0 N–H and O–H groups in total. The molecule has 3 rings (SSSR count). The van der Waals surface area contributed by atoms with E-state index in [-0.39, 0.29) is 0 Å². The summed E-state index contributed by atoms with van der Waals surface area (Å²) >= 11 is 1.71. The highest BCUT2D eigenvalue weighted by Gasteiger charge is 2.17. The van der Waals surface area contributed by atoms with E-state index < -0.39 is 0 Å². The molecule has 2 heterocycles. The van der Waals surface area contributed by atoms with E-state index >= 15 is 0 Å². The molecule has 1 aromatic heterocycles. The van der Waals surface area contributed by atoms with E-state index in [0.717, 1.165) is 46.4 Å². The minimum atomic E-state index is 0.453. The van der Waals surface area contributed by atoms with E-state index in [9.17, 15) is 0 Å². The Morgan fingerprint density at radius 1 is 1.24 bits per heavy atom. The number of ether oxygens (including phenoxy) is 2. The van der Waals surface area contributed by atoms with Crippen LogP contribution in [-0.4, -0.2) is 18.2 Å². The second kappa shape index (κ2) is 4.18. The third-order valence-corrected chi connectivity index (χ3v) is 4.15. The predicted molar refractivity (Wildman–Crippen MR) is 69.3 cm³/mol. The van der Waals surface area contributed by atoms with Gasteiger partial charge >= 0.3 is 0 Å². The number of aromatic nitrogens is 1. The maximum Gasteiger partial charge on any atom is 0.180 e. The van der Waals surface area contributed by atoms with Gasteiger partial charge in [-0.05, 0) is 12.1 Å². The molecule has 0 atom stereocenters. The predicted octanol–water partition coefficient (Wildman–Crippen LogP) is 3.58. The minimum absolute atomic E-state index is 0.453. The molecule has 4 heteroatoms. The van der Waals surface area contributed by atoms with Crippen LogP contribution in [0, 0.1) is 0 Å². The summed E-state index contributed by atoms with van der Waals surface area (Å²) in [4.78, 5) is 4.63. The van der Waals surface area contributed by atoms with Gasteiger partial charge in [0.1, 0.15) is 4.70 Å². The van der Waals surface area contributed by atoms with Crippen molar-refractivity contribution in [1.82, 2.24) is 4.98 Å². The van der Waals surface area contributed by atoms with E-state index in [2.05, 4.69) is 18.8 Å². The van der Waals surface area contributed by atoms with Crippen molar-refractivity contribution in [3.05, 3.63) is 17.1 Å². The van der Waals surface area contributed by atoms with Gasteiger partial charge in [-0.15, -0.1) is 11.3 Å². The van der Waals surface area contributed by atoms with E-state index in [1.807, 2.05) is 12.1 Å². The fourth-order valence-electron chi connectivity index (χ4n) is 1.88. The number of fused-ring (bicyclic) bond motifs is 3. The zero-order valence-electron chi connectivity index (χ0n) is 10.0. The van der Waals surface area contributed by atoms with Crippen molar-refractivity contribution < 1.29 is 9.47 Å². The first kappa shape index (κ1) is 10.8. The molecule has 0 saturated carbocycles. The molecule has 0 spiro atoms. The summed E-state index contributed by atoms with van der Waals surface area (Å²) in [5.41, 5.74) is 1.02. The van der Waals surface area contributed by atoms with Gasteiger partial charge in [0.2, 0.25) is 0 Å². The van der Waals surface area contributed by atoms with Crippen molar-refractivity contribution in [2.75, 3.05) is 13.2 Å². The van der Waals surface area contributed by atoms with Crippen LogP contribution >= 0.6 is 11.3 Å². The van der Waals surface area contributed by atoms with Gasteiger partial charge in [-0.2, -0.15) is 0 Å². The lowest BCUT2D eigenvalue weighted by Gasteiger charge is -2.06. The van der Waals surface area contributed by atoms with Gasteiger partial charge in [-0.25, -0.2) is 4.98 Å². The van der Waals surface area contributed by atoms with Gasteiger partial charge in [0.25, 0.3) is 0 Å². The number of rotatable bonds is 1. The van der Waals surface area contributed by atoms with E-state index in [1.54, 1.807) is 11.3 Å². The summed E-state index contributed by atoms with van der Waals surface area (Å²) < 4.78 is 12.6. The van der Waals surface area contributed by atoms with E-state index in [4.69, 9.17) is 9.47 Å². The number of thiazole rings is 1. The SMILES string of the molecule is CC(C)c1nc2ccc3c(c2s1)OCCCO3. The highest BCUT2D eigenvalue weighted by atomic mass is 32.1. The van der Waals surface area contributed by atoms with E-state index in [1.165, 1.54) is 0 Å². The van der Waals surface area contributed by atoms with Crippen LogP contribution in [-0.2, 0) is 0 Å². The summed E-state index contributed by atoms with van der Waals surface area (Å²) in [6, 6.07) is 3.98. The fourth-order valence-corrected chi connectivity index (χ4v) is 2.94. The van der Waals surface area contributed by atoms with Gasteiger partial charge in [0.05, 0.1) is 23.7 Å². The largest absolute Gasteiger partial charge is 0.490 e. The Hall–Kier alpha value is -1.29. The Labute approximate surface area is 104 Å². The molecular weight excluding hydrogens is 234 g/mol. The standard InChI is InChI=1S/C13H15NO2S/c1-8(2)13-14-9-4-5-10-11(12(9)17-13)16-7-3-6-15-10/h4-5,8H,3,6-7H2,1-2H3. The highest BCUT2D eigenvalue weighted by Crippen LogP contribution is 2.41. The Morgan fingerprint density at radius 2 is 2.06 bits per heavy atom. The molecule has 0 saturated heterocycles. The molecule has 90 valence electrons. The fraction of sp³-hybridized carbons (Fsp3) is 0.462. The normalized spacial score (nSPS) is 15.2. The molecule has 3 nitrogen and oxygen atoms in total. The Morgan fingerprint density at radius 3 is 2.88 bits per heavy atom. The molecule has 0 amide bonds. The molecule has 0 aliphatic carbocycles. The topological polar surface area (TPSA) is 31.4 Å². The third kappa shape index (κ3) is 1.86. The molecule has 2 aromatic rings. The van der Waals surface area contributed by atoms with Gasteiger partial charge in [0.15, 0.2) is 11.5 Å². The lowest BCUT2D eigenvalue weighted by Crippen LogP contribution is -1.97. The van der Waals surface area contributed by atoms with Gasteiger partial charge < -0.3 is 9.47 Å². The Balaban J connectivity index is 2.18. The van der Waals surface area contributed by atoms with Crippen molar-refractivity contribution in [2.24, 2.45) is 0 Å². The smallest absolute Gasteiger partial charge is 0.180 e. The molecular formula is C13H15NO2S. The summed E-state index contributed by atoms with van der Waals surface area (Å²) in [5.74, 6) is 2.19. The molecule has 0 unspecified atom stereocenters. The zero-order chi connectivity index (χ0) is 11.8. The maximum atomic E-state index is 5.80. The number of benzene rings is 1. The first-order valence-electron chi connectivity index (χ1n) is 5.95. The lowest BCUT2D eigenvalue weighted by atomic mass is 10.2. The van der Waals surface area contributed by atoms with Crippen LogP contribution in [0.3, 0.4) is 0 Å². The summed E-state index contributed by atoms with van der Waals surface area (Å²) in [5, 5.41) is 1.15. The van der Waals surface area contributed by atoms with Crippen LogP contribution in [0.5, 0.6) is 11.5 Å². The van der Waals surface area contributed by atoms with Crippen molar-refractivity contribution in [1.29, 1.82) is 0 Å². The minimum Gasteiger partial charge on any atom is -0.490 e. The Kier molecular flexibility index (Phi) is 2.67. The summed E-state index contributed by atoms with van der Waals surface area (Å²) in [7, 11) is 0. The molecule has 1 aliphatic heterocycles. The molecule has 1 aliphatic rings. The second-order valence-electron chi connectivity index (χ2n) is 4.50. The van der Waals surface area contributed by atoms with Gasteiger partial charge in [-0.3, -0.25) is 0 Å². The van der Waals surface area contributed by atoms with Crippen LogP contribution in [0.1, 0.15) is 31.2 Å². The van der Waals surface area contributed by atoms with Crippen molar-refractivity contribution in [3.63, 3.8) is 0 Å². The molecule has 0 fully saturated rings.